The van der Waals surface area contributed by atoms with Crippen LogP contribution < -0.4 is 10.1 Å². The van der Waals surface area contributed by atoms with Crippen LogP contribution in [0, 0.1) is 0 Å². The molecule has 2 aromatic rings. The van der Waals surface area contributed by atoms with Crippen LogP contribution in [0.15, 0.2) is 30.3 Å². The fraction of sp³-hybridized carbons (Fsp3) is 0.526. The highest BCUT2D eigenvalue weighted by atomic mass is 16.5. The first-order valence-electron chi connectivity index (χ1n) is 9.34. The Labute approximate surface area is 154 Å². The van der Waals surface area contributed by atoms with Crippen LogP contribution in [0.25, 0.3) is 0 Å². The van der Waals surface area contributed by atoms with Crippen LogP contribution in [0.1, 0.15) is 25.0 Å². The monoisotopic (exact) mass is 357 g/mol. The summed E-state index contributed by atoms with van der Waals surface area (Å²) in [6.45, 7) is 6.89. The second-order valence-electron chi connectivity index (χ2n) is 6.48. The molecule has 0 spiro atoms. The SMILES string of the molecule is CCCN1CCc2nnc(CCNC(=O)COc3ccccc3)n2CC1. The van der Waals surface area contributed by atoms with Crippen molar-refractivity contribution in [2.75, 3.05) is 32.8 Å². The first-order valence-corrected chi connectivity index (χ1v) is 9.34. The number of hydrogen-bond donors (Lipinski definition) is 1. The molecule has 1 aromatic heterocycles. The average Bonchev–Trinajstić information content (AvgIpc) is 2.93. The van der Waals surface area contributed by atoms with Crippen molar-refractivity contribution in [2.24, 2.45) is 0 Å². The van der Waals surface area contributed by atoms with Crippen LogP contribution in [-0.4, -0.2) is 58.4 Å². The third kappa shape index (κ3) is 5.05. The molecule has 1 amide bonds. The van der Waals surface area contributed by atoms with Crippen molar-refractivity contribution >= 4 is 5.91 Å². The molecule has 7 nitrogen and oxygen atoms in total. The zero-order valence-corrected chi connectivity index (χ0v) is 15.4. The molecule has 0 saturated carbocycles. The number of para-hydroxylation sites is 1. The Kier molecular flexibility index (Phi) is 6.60. The normalized spacial score (nSPS) is 14.5. The minimum absolute atomic E-state index is 0.0218. The molecule has 1 aromatic carbocycles. The van der Waals surface area contributed by atoms with E-state index >= 15 is 0 Å². The number of nitrogens with one attached hydrogen (secondary N) is 1. The quantitative estimate of drug-likeness (QED) is 0.771. The van der Waals surface area contributed by atoms with E-state index < -0.39 is 0 Å². The molecule has 0 aliphatic carbocycles. The first-order chi connectivity index (χ1) is 12.8. The molecule has 1 aliphatic rings. The van der Waals surface area contributed by atoms with Gasteiger partial charge in [-0.25, -0.2) is 0 Å². The van der Waals surface area contributed by atoms with Gasteiger partial charge in [-0.2, -0.15) is 0 Å². The minimum Gasteiger partial charge on any atom is -0.484 e. The van der Waals surface area contributed by atoms with Crippen LogP contribution in [0.3, 0.4) is 0 Å². The molecule has 0 radical (unpaired) electrons. The van der Waals surface area contributed by atoms with Gasteiger partial charge in [0, 0.05) is 39.0 Å². The van der Waals surface area contributed by atoms with Gasteiger partial charge in [-0.3, -0.25) is 4.79 Å². The summed E-state index contributed by atoms with van der Waals surface area (Å²) in [4.78, 5) is 14.4. The number of amides is 1. The summed E-state index contributed by atoms with van der Waals surface area (Å²) in [5, 5.41) is 11.5. The topological polar surface area (TPSA) is 72.3 Å². The summed E-state index contributed by atoms with van der Waals surface area (Å²) in [6.07, 6.45) is 2.78. The standard InChI is InChI=1S/C19H27N5O2/c1-2-11-23-12-9-18-22-21-17(24(18)14-13-23)8-10-20-19(25)15-26-16-6-4-3-5-7-16/h3-7H,2,8-15H2,1H3,(H,20,25). The highest BCUT2D eigenvalue weighted by molar-refractivity contribution is 5.77. The van der Waals surface area contributed by atoms with Gasteiger partial charge in [0.2, 0.25) is 0 Å². The smallest absolute Gasteiger partial charge is 0.257 e. The number of carbonyl (C=O) groups excluding carboxylic acids is 1. The van der Waals surface area contributed by atoms with E-state index in [2.05, 4.69) is 31.9 Å². The van der Waals surface area contributed by atoms with E-state index in [9.17, 15) is 4.79 Å². The Hall–Kier alpha value is -2.41. The van der Waals surface area contributed by atoms with Crippen molar-refractivity contribution in [3.05, 3.63) is 42.0 Å². The van der Waals surface area contributed by atoms with Gasteiger partial charge in [-0.1, -0.05) is 25.1 Å². The van der Waals surface area contributed by atoms with E-state index in [1.54, 1.807) is 0 Å². The van der Waals surface area contributed by atoms with Gasteiger partial charge in [0.05, 0.1) is 0 Å². The van der Waals surface area contributed by atoms with Gasteiger partial charge in [0.15, 0.2) is 6.61 Å². The molecule has 0 atom stereocenters. The van der Waals surface area contributed by atoms with E-state index in [0.717, 1.165) is 44.2 Å². The fourth-order valence-corrected chi connectivity index (χ4v) is 3.18. The van der Waals surface area contributed by atoms with Crippen LogP contribution >= 0.6 is 0 Å². The van der Waals surface area contributed by atoms with Crippen molar-refractivity contribution in [3.63, 3.8) is 0 Å². The highest BCUT2D eigenvalue weighted by Crippen LogP contribution is 2.10. The number of nitrogens with zero attached hydrogens (tertiary/aromatic N) is 4. The Morgan fingerprint density at radius 2 is 2.04 bits per heavy atom. The molecule has 1 aliphatic heterocycles. The van der Waals surface area contributed by atoms with Gasteiger partial charge in [-0.15, -0.1) is 10.2 Å². The minimum atomic E-state index is -0.126. The van der Waals surface area contributed by atoms with Gasteiger partial charge in [-0.05, 0) is 25.1 Å². The van der Waals surface area contributed by atoms with Crippen LogP contribution in [0.2, 0.25) is 0 Å². The molecule has 0 saturated heterocycles. The molecule has 2 heterocycles. The second kappa shape index (κ2) is 9.33. The van der Waals surface area contributed by atoms with E-state index in [1.807, 2.05) is 30.3 Å². The maximum atomic E-state index is 11.9. The molecule has 0 bridgehead atoms. The van der Waals surface area contributed by atoms with Gasteiger partial charge < -0.3 is 19.5 Å². The Bertz CT molecular complexity index is 701. The zero-order valence-electron chi connectivity index (χ0n) is 15.4. The van der Waals surface area contributed by atoms with E-state index in [1.165, 1.54) is 6.42 Å². The lowest BCUT2D eigenvalue weighted by Gasteiger charge is -2.18. The lowest BCUT2D eigenvalue weighted by molar-refractivity contribution is -0.123. The molecule has 26 heavy (non-hydrogen) atoms. The second-order valence-corrected chi connectivity index (χ2v) is 6.48. The lowest BCUT2D eigenvalue weighted by atomic mass is 10.3. The van der Waals surface area contributed by atoms with Crippen molar-refractivity contribution < 1.29 is 9.53 Å². The number of rotatable bonds is 8. The number of aromatic nitrogens is 3. The maximum absolute atomic E-state index is 11.9. The summed E-state index contributed by atoms with van der Waals surface area (Å²) in [5.74, 6) is 2.57. The molecule has 0 unspecified atom stereocenters. The zero-order chi connectivity index (χ0) is 18.2. The molecule has 1 N–H and O–H groups in total. The number of fused-ring (bicyclic) bond motifs is 1. The Morgan fingerprint density at radius 3 is 2.85 bits per heavy atom. The summed E-state index contributed by atoms with van der Waals surface area (Å²) < 4.78 is 7.66. The summed E-state index contributed by atoms with van der Waals surface area (Å²) in [7, 11) is 0. The molecule has 7 heteroatoms. The van der Waals surface area contributed by atoms with Gasteiger partial charge >= 0.3 is 0 Å². The van der Waals surface area contributed by atoms with Crippen molar-refractivity contribution in [2.45, 2.75) is 32.7 Å². The van der Waals surface area contributed by atoms with Crippen LogP contribution in [0.4, 0.5) is 0 Å². The number of hydrogen-bond acceptors (Lipinski definition) is 5. The fourth-order valence-electron chi connectivity index (χ4n) is 3.18. The molecular weight excluding hydrogens is 330 g/mol. The third-order valence-electron chi connectivity index (χ3n) is 4.52. The van der Waals surface area contributed by atoms with Crippen LogP contribution in [0.5, 0.6) is 5.75 Å². The third-order valence-corrected chi connectivity index (χ3v) is 4.52. The van der Waals surface area contributed by atoms with Gasteiger partial charge in [0.25, 0.3) is 5.91 Å². The summed E-state index contributed by atoms with van der Waals surface area (Å²) in [6, 6.07) is 9.34. The highest BCUT2D eigenvalue weighted by Gasteiger charge is 2.18. The van der Waals surface area contributed by atoms with Crippen molar-refractivity contribution in [3.8, 4) is 5.75 Å². The molecule has 3 rings (SSSR count). The summed E-state index contributed by atoms with van der Waals surface area (Å²) in [5.41, 5.74) is 0. The number of ether oxygens (including phenoxy) is 1. The molecular formula is C19H27N5O2. The predicted octanol–water partition coefficient (Wildman–Crippen LogP) is 1.28. The van der Waals surface area contributed by atoms with Crippen molar-refractivity contribution in [1.29, 1.82) is 0 Å². The van der Waals surface area contributed by atoms with E-state index in [4.69, 9.17) is 4.74 Å². The molecule has 0 fully saturated rings. The van der Waals surface area contributed by atoms with Gasteiger partial charge in [0.1, 0.15) is 17.4 Å². The number of carbonyl (C=O) groups is 1. The van der Waals surface area contributed by atoms with Crippen LogP contribution in [-0.2, 0) is 24.2 Å². The largest absolute Gasteiger partial charge is 0.484 e. The molecule has 140 valence electrons. The maximum Gasteiger partial charge on any atom is 0.257 e. The Morgan fingerprint density at radius 1 is 1.19 bits per heavy atom. The van der Waals surface area contributed by atoms with E-state index in [0.29, 0.717) is 18.7 Å². The average molecular weight is 357 g/mol. The van der Waals surface area contributed by atoms with E-state index in [-0.39, 0.29) is 12.5 Å². The Balaban J connectivity index is 1.43. The number of benzene rings is 1. The predicted molar refractivity (Wildman–Crippen MR) is 99.1 cm³/mol. The lowest BCUT2D eigenvalue weighted by Crippen LogP contribution is -2.31. The first kappa shape index (κ1) is 18.4. The van der Waals surface area contributed by atoms with Crippen molar-refractivity contribution in [1.82, 2.24) is 25.0 Å². The summed E-state index contributed by atoms with van der Waals surface area (Å²) >= 11 is 0.